The highest BCUT2D eigenvalue weighted by molar-refractivity contribution is 5.79. The minimum absolute atomic E-state index is 0.243. The Bertz CT molecular complexity index is 300. The van der Waals surface area contributed by atoms with Crippen LogP contribution in [0.4, 0.5) is 0 Å². The van der Waals surface area contributed by atoms with Gasteiger partial charge in [0.15, 0.2) is 0 Å². The highest BCUT2D eigenvalue weighted by atomic mass is 16.2. The molecule has 0 bridgehead atoms. The topological polar surface area (TPSA) is 20.3 Å². The number of nitrogens with zero attached hydrogens (tertiary/aromatic N) is 1. The van der Waals surface area contributed by atoms with E-state index in [1.807, 2.05) is 4.90 Å². The van der Waals surface area contributed by atoms with E-state index in [0.29, 0.717) is 18.4 Å². The van der Waals surface area contributed by atoms with Gasteiger partial charge in [0.2, 0.25) is 5.91 Å². The molecule has 2 heteroatoms. The molecule has 2 rings (SSSR count). The highest BCUT2D eigenvalue weighted by Gasteiger charge is 2.34. The van der Waals surface area contributed by atoms with Crippen molar-refractivity contribution in [2.45, 2.75) is 39.0 Å². The predicted octanol–water partition coefficient (Wildman–Crippen LogP) is 2.29. The van der Waals surface area contributed by atoms with E-state index >= 15 is 0 Å². The molecule has 0 N–H and O–H groups in total. The molecule has 0 spiro atoms. The predicted molar refractivity (Wildman–Crippen MR) is 64.6 cm³/mol. The van der Waals surface area contributed by atoms with Crippen molar-refractivity contribution in [3.05, 3.63) is 0 Å². The standard InChI is InChI=1S/C14H21NO/c1-3-9-15(10-12-7-8-12)14(16)13-6-4-5-11(13)2/h1,11-13H,4-10H2,2H3. The SMILES string of the molecule is C#CCN(CC1CC1)C(=O)C1CCCC1C. The van der Waals surface area contributed by atoms with Crippen LogP contribution in [0.2, 0.25) is 0 Å². The van der Waals surface area contributed by atoms with E-state index in [-0.39, 0.29) is 5.92 Å². The lowest BCUT2D eigenvalue weighted by molar-refractivity contribution is -0.136. The molecule has 0 aromatic rings. The van der Waals surface area contributed by atoms with Crippen LogP contribution < -0.4 is 0 Å². The second-order valence-corrected chi connectivity index (χ2v) is 5.38. The first-order valence-corrected chi connectivity index (χ1v) is 6.44. The van der Waals surface area contributed by atoms with Crippen LogP contribution in [0.25, 0.3) is 0 Å². The maximum atomic E-state index is 12.3. The Morgan fingerprint density at radius 3 is 2.62 bits per heavy atom. The lowest BCUT2D eigenvalue weighted by atomic mass is 9.96. The van der Waals surface area contributed by atoms with E-state index in [9.17, 15) is 4.79 Å². The number of carbonyl (C=O) groups excluding carboxylic acids is 1. The van der Waals surface area contributed by atoms with Crippen LogP contribution in [-0.2, 0) is 4.79 Å². The van der Waals surface area contributed by atoms with E-state index in [4.69, 9.17) is 6.42 Å². The third-order valence-corrected chi connectivity index (χ3v) is 3.95. The van der Waals surface area contributed by atoms with Gasteiger partial charge in [0, 0.05) is 12.5 Å². The van der Waals surface area contributed by atoms with Gasteiger partial charge >= 0.3 is 0 Å². The fourth-order valence-electron chi connectivity index (χ4n) is 2.70. The van der Waals surface area contributed by atoms with Crippen molar-refractivity contribution in [1.29, 1.82) is 0 Å². The van der Waals surface area contributed by atoms with Gasteiger partial charge in [-0.2, -0.15) is 0 Å². The summed E-state index contributed by atoms with van der Waals surface area (Å²) in [5.41, 5.74) is 0. The summed E-state index contributed by atoms with van der Waals surface area (Å²) in [5, 5.41) is 0. The summed E-state index contributed by atoms with van der Waals surface area (Å²) in [7, 11) is 0. The number of hydrogen-bond acceptors (Lipinski definition) is 1. The molecule has 2 unspecified atom stereocenters. The van der Waals surface area contributed by atoms with E-state index in [1.54, 1.807) is 0 Å². The normalized spacial score (nSPS) is 28.8. The second kappa shape index (κ2) is 4.91. The van der Waals surface area contributed by atoms with E-state index in [1.165, 1.54) is 25.7 Å². The van der Waals surface area contributed by atoms with Gasteiger partial charge < -0.3 is 4.90 Å². The first kappa shape index (κ1) is 11.5. The van der Waals surface area contributed by atoms with Crippen molar-refractivity contribution in [2.75, 3.05) is 13.1 Å². The lowest BCUT2D eigenvalue weighted by Gasteiger charge is -2.25. The molecule has 0 saturated heterocycles. The largest absolute Gasteiger partial charge is 0.331 e. The smallest absolute Gasteiger partial charge is 0.226 e. The fraction of sp³-hybridized carbons (Fsp3) is 0.786. The molecule has 2 aliphatic rings. The van der Waals surface area contributed by atoms with Crippen molar-refractivity contribution in [3.8, 4) is 12.3 Å². The Labute approximate surface area is 98.4 Å². The lowest BCUT2D eigenvalue weighted by Crippen LogP contribution is -2.38. The number of rotatable bonds is 4. The molecule has 0 aromatic heterocycles. The van der Waals surface area contributed by atoms with Crippen molar-refractivity contribution in [1.82, 2.24) is 4.90 Å². The molecule has 88 valence electrons. The van der Waals surface area contributed by atoms with Gasteiger partial charge in [-0.3, -0.25) is 4.79 Å². The zero-order valence-corrected chi connectivity index (χ0v) is 10.1. The Balaban J connectivity index is 1.95. The van der Waals surface area contributed by atoms with E-state index < -0.39 is 0 Å². The van der Waals surface area contributed by atoms with Crippen LogP contribution >= 0.6 is 0 Å². The van der Waals surface area contributed by atoms with E-state index in [0.717, 1.165) is 18.9 Å². The van der Waals surface area contributed by atoms with Gasteiger partial charge in [-0.25, -0.2) is 0 Å². The summed E-state index contributed by atoms with van der Waals surface area (Å²) in [4.78, 5) is 14.3. The first-order chi connectivity index (χ1) is 7.72. The highest BCUT2D eigenvalue weighted by Crippen LogP contribution is 2.34. The van der Waals surface area contributed by atoms with Gasteiger partial charge in [-0.15, -0.1) is 6.42 Å². The van der Waals surface area contributed by atoms with E-state index in [2.05, 4.69) is 12.8 Å². The van der Waals surface area contributed by atoms with Gasteiger partial charge in [0.25, 0.3) is 0 Å². The third-order valence-electron chi connectivity index (χ3n) is 3.95. The van der Waals surface area contributed by atoms with Crippen LogP contribution in [0.5, 0.6) is 0 Å². The second-order valence-electron chi connectivity index (χ2n) is 5.38. The maximum absolute atomic E-state index is 12.3. The summed E-state index contributed by atoms with van der Waals surface area (Å²) in [6.45, 7) is 3.59. The molecule has 2 aliphatic carbocycles. The number of terminal acetylenes is 1. The summed E-state index contributed by atoms with van der Waals surface area (Å²) in [6.07, 6.45) is 11.4. The molecular weight excluding hydrogens is 198 g/mol. The molecule has 2 nitrogen and oxygen atoms in total. The van der Waals surface area contributed by atoms with Crippen LogP contribution in [-0.4, -0.2) is 23.9 Å². The zero-order valence-electron chi connectivity index (χ0n) is 10.1. The summed E-state index contributed by atoms with van der Waals surface area (Å²) >= 11 is 0. The van der Waals surface area contributed by atoms with Crippen LogP contribution in [0.1, 0.15) is 39.0 Å². The third kappa shape index (κ3) is 2.58. The quantitative estimate of drug-likeness (QED) is 0.664. The maximum Gasteiger partial charge on any atom is 0.226 e. The molecule has 0 aromatic carbocycles. The molecule has 2 saturated carbocycles. The number of carbonyl (C=O) groups is 1. The Morgan fingerprint density at radius 1 is 1.38 bits per heavy atom. The molecule has 0 heterocycles. The number of hydrogen-bond donors (Lipinski definition) is 0. The average Bonchev–Trinajstić information content (AvgIpc) is 2.98. The van der Waals surface area contributed by atoms with Gasteiger partial charge in [-0.05, 0) is 37.5 Å². The minimum atomic E-state index is 0.243. The molecular formula is C14H21NO. The number of amides is 1. The Kier molecular flexibility index (Phi) is 3.53. The fourth-order valence-corrected chi connectivity index (χ4v) is 2.70. The summed E-state index contributed by atoms with van der Waals surface area (Å²) in [6, 6.07) is 0. The average molecular weight is 219 g/mol. The van der Waals surface area contributed by atoms with Crippen LogP contribution in [0.15, 0.2) is 0 Å². The van der Waals surface area contributed by atoms with Crippen molar-refractivity contribution < 1.29 is 4.79 Å². The van der Waals surface area contributed by atoms with Crippen molar-refractivity contribution in [3.63, 3.8) is 0 Å². The van der Waals surface area contributed by atoms with Crippen molar-refractivity contribution >= 4 is 5.91 Å². The Morgan fingerprint density at radius 2 is 2.12 bits per heavy atom. The van der Waals surface area contributed by atoms with Crippen LogP contribution in [0, 0.1) is 30.1 Å². The van der Waals surface area contributed by atoms with Gasteiger partial charge in [0.05, 0.1) is 6.54 Å². The van der Waals surface area contributed by atoms with Gasteiger partial charge in [-0.1, -0.05) is 19.3 Å². The first-order valence-electron chi connectivity index (χ1n) is 6.44. The Hall–Kier alpha value is -0.970. The molecule has 1 amide bonds. The molecule has 0 radical (unpaired) electrons. The molecule has 0 aliphatic heterocycles. The summed E-state index contributed by atoms with van der Waals surface area (Å²) < 4.78 is 0. The zero-order chi connectivity index (χ0) is 11.5. The summed E-state index contributed by atoms with van der Waals surface area (Å²) in [5.74, 6) is 4.46. The molecule has 16 heavy (non-hydrogen) atoms. The minimum Gasteiger partial charge on any atom is -0.331 e. The monoisotopic (exact) mass is 219 g/mol. The van der Waals surface area contributed by atoms with Gasteiger partial charge in [0.1, 0.15) is 0 Å². The molecule has 2 fully saturated rings. The van der Waals surface area contributed by atoms with Crippen LogP contribution in [0.3, 0.4) is 0 Å². The van der Waals surface area contributed by atoms with Crippen molar-refractivity contribution in [2.24, 2.45) is 17.8 Å². The molecule has 2 atom stereocenters.